The number of rotatable bonds is 6. The standard InChI is InChI=1S/C25H33F2N3O2/c1-29(15-25-11-16-7-17(12-25)9-18(8-16)13-25)22(31)10-21-24(32)28-5-6-30(21)14-19-3-2-4-20(26)23(19)27/h2-4,16-18,21H,5-15H2,1H3,(H,28,32)/t16?,17?,18?,21-,25?/m1/s1. The maximum Gasteiger partial charge on any atom is 0.237 e. The third kappa shape index (κ3) is 4.16. The van der Waals surface area contributed by atoms with Crippen molar-refractivity contribution in [3.63, 3.8) is 0 Å². The summed E-state index contributed by atoms with van der Waals surface area (Å²) < 4.78 is 27.9. The number of hydrogen-bond donors (Lipinski definition) is 1. The highest BCUT2D eigenvalue weighted by Crippen LogP contribution is 2.60. The molecule has 4 saturated carbocycles. The van der Waals surface area contributed by atoms with Crippen LogP contribution in [0.1, 0.15) is 50.5 Å². The molecule has 0 aromatic heterocycles. The van der Waals surface area contributed by atoms with Gasteiger partial charge in [0, 0.05) is 38.8 Å². The van der Waals surface area contributed by atoms with E-state index >= 15 is 0 Å². The first-order valence-electron chi connectivity index (χ1n) is 12.0. The first kappa shape index (κ1) is 21.8. The number of nitrogens with one attached hydrogen (secondary N) is 1. The third-order valence-electron chi connectivity index (χ3n) is 8.38. The molecule has 4 bridgehead atoms. The van der Waals surface area contributed by atoms with E-state index in [9.17, 15) is 18.4 Å². The van der Waals surface area contributed by atoms with E-state index in [1.54, 1.807) is 4.90 Å². The average Bonchev–Trinajstić information content (AvgIpc) is 2.72. The third-order valence-corrected chi connectivity index (χ3v) is 8.38. The number of nitrogens with zero attached hydrogens (tertiary/aromatic N) is 2. The highest BCUT2D eigenvalue weighted by Gasteiger charge is 2.51. The molecule has 5 aliphatic rings. The van der Waals surface area contributed by atoms with Gasteiger partial charge in [-0.2, -0.15) is 0 Å². The van der Waals surface area contributed by atoms with Gasteiger partial charge in [-0.15, -0.1) is 0 Å². The Morgan fingerprint density at radius 2 is 1.81 bits per heavy atom. The molecule has 174 valence electrons. The Balaban J connectivity index is 1.25. The molecular formula is C25H33F2N3O2. The lowest BCUT2D eigenvalue weighted by Gasteiger charge is -2.57. The quantitative estimate of drug-likeness (QED) is 0.731. The van der Waals surface area contributed by atoms with Crippen LogP contribution in [0.25, 0.3) is 0 Å². The summed E-state index contributed by atoms with van der Waals surface area (Å²) in [7, 11) is 1.86. The van der Waals surface area contributed by atoms with Gasteiger partial charge in [-0.05, 0) is 67.8 Å². The van der Waals surface area contributed by atoms with Gasteiger partial charge in [0.1, 0.15) is 0 Å². The minimum Gasteiger partial charge on any atom is -0.353 e. The Morgan fingerprint density at radius 3 is 2.47 bits per heavy atom. The molecule has 0 spiro atoms. The van der Waals surface area contributed by atoms with Crippen LogP contribution in [0.4, 0.5) is 8.78 Å². The summed E-state index contributed by atoms with van der Waals surface area (Å²) >= 11 is 0. The number of piperazine rings is 1. The van der Waals surface area contributed by atoms with Gasteiger partial charge in [0.15, 0.2) is 11.6 Å². The molecule has 5 nitrogen and oxygen atoms in total. The predicted octanol–water partition coefficient (Wildman–Crippen LogP) is 3.33. The van der Waals surface area contributed by atoms with Crippen molar-refractivity contribution in [1.82, 2.24) is 15.1 Å². The van der Waals surface area contributed by atoms with Gasteiger partial charge >= 0.3 is 0 Å². The van der Waals surface area contributed by atoms with E-state index in [0.717, 1.165) is 30.4 Å². The molecule has 1 N–H and O–H groups in total. The number of hydrogen-bond acceptors (Lipinski definition) is 3. The van der Waals surface area contributed by atoms with Crippen LogP contribution in [0, 0.1) is 34.8 Å². The Kier molecular flexibility index (Phi) is 5.72. The molecule has 1 aliphatic heterocycles. The summed E-state index contributed by atoms with van der Waals surface area (Å²) in [5.41, 5.74) is 0.456. The number of carbonyl (C=O) groups excluding carboxylic acids is 2. The first-order chi connectivity index (χ1) is 15.3. The first-order valence-corrected chi connectivity index (χ1v) is 12.0. The SMILES string of the molecule is CN(CC12CC3CC(CC(C3)C1)C2)C(=O)C[C@@H]1C(=O)NCCN1Cc1cccc(F)c1F. The van der Waals surface area contributed by atoms with Crippen LogP contribution < -0.4 is 5.32 Å². The van der Waals surface area contributed by atoms with Crippen LogP contribution in [-0.4, -0.2) is 54.3 Å². The van der Waals surface area contributed by atoms with Gasteiger partial charge in [-0.25, -0.2) is 8.78 Å². The Bertz CT molecular complexity index is 870. The topological polar surface area (TPSA) is 52.7 Å². The summed E-state index contributed by atoms with van der Waals surface area (Å²) in [5, 5.41) is 2.83. The van der Waals surface area contributed by atoms with E-state index in [1.165, 1.54) is 50.7 Å². The molecule has 32 heavy (non-hydrogen) atoms. The molecule has 1 atom stereocenters. The van der Waals surface area contributed by atoms with Crippen molar-refractivity contribution >= 4 is 11.8 Å². The molecule has 4 aliphatic carbocycles. The molecule has 2 amide bonds. The van der Waals surface area contributed by atoms with Gasteiger partial charge in [0.05, 0.1) is 12.5 Å². The Labute approximate surface area is 188 Å². The lowest BCUT2D eigenvalue weighted by molar-refractivity contribution is -0.141. The van der Waals surface area contributed by atoms with Crippen LogP contribution in [0.3, 0.4) is 0 Å². The molecule has 5 fully saturated rings. The van der Waals surface area contributed by atoms with Crippen molar-refractivity contribution in [1.29, 1.82) is 0 Å². The van der Waals surface area contributed by atoms with Crippen molar-refractivity contribution in [2.24, 2.45) is 23.2 Å². The minimum atomic E-state index is -0.896. The van der Waals surface area contributed by atoms with E-state index in [0.29, 0.717) is 13.1 Å². The highest BCUT2D eigenvalue weighted by molar-refractivity contribution is 5.88. The second kappa shape index (κ2) is 8.40. The number of halogens is 2. The molecule has 1 saturated heterocycles. The molecule has 6 rings (SSSR count). The molecule has 1 aromatic rings. The van der Waals surface area contributed by atoms with Crippen molar-refractivity contribution in [3.8, 4) is 0 Å². The predicted molar refractivity (Wildman–Crippen MR) is 116 cm³/mol. The van der Waals surface area contributed by atoms with Gasteiger partial charge in [0.2, 0.25) is 11.8 Å². The van der Waals surface area contributed by atoms with E-state index in [2.05, 4.69) is 5.32 Å². The largest absolute Gasteiger partial charge is 0.353 e. The Hall–Kier alpha value is -2.02. The van der Waals surface area contributed by atoms with Crippen LogP contribution in [0.15, 0.2) is 18.2 Å². The van der Waals surface area contributed by atoms with E-state index in [4.69, 9.17) is 0 Å². The smallest absolute Gasteiger partial charge is 0.237 e. The van der Waals surface area contributed by atoms with E-state index in [1.807, 2.05) is 11.9 Å². The maximum absolute atomic E-state index is 14.2. The molecule has 0 radical (unpaired) electrons. The van der Waals surface area contributed by atoms with Crippen molar-refractivity contribution in [2.75, 3.05) is 26.7 Å². The zero-order valence-electron chi connectivity index (χ0n) is 18.8. The Morgan fingerprint density at radius 1 is 1.16 bits per heavy atom. The fourth-order valence-corrected chi connectivity index (χ4v) is 7.46. The molecule has 7 heteroatoms. The fourth-order valence-electron chi connectivity index (χ4n) is 7.46. The normalized spacial score (nSPS) is 33.9. The van der Waals surface area contributed by atoms with Gasteiger partial charge in [0.25, 0.3) is 0 Å². The molecule has 1 aromatic carbocycles. The van der Waals surface area contributed by atoms with Crippen LogP contribution in [-0.2, 0) is 16.1 Å². The number of amides is 2. The van der Waals surface area contributed by atoms with Crippen LogP contribution >= 0.6 is 0 Å². The summed E-state index contributed by atoms with van der Waals surface area (Å²) in [6, 6.07) is 3.42. The fraction of sp³-hybridized carbons (Fsp3) is 0.680. The lowest BCUT2D eigenvalue weighted by atomic mass is 9.49. The van der Waals surface area contributed by atoms with Crippen molar-refractivity contribution < 1.29 is 18.4 Å². The summed E-state index contributed by atoms with van der Waals surface area (Å²) in [6.45, 7) is 1.80. The second-order valence-corrected chi connectivity index (χ2v) is 10.9. The molecular weight excluding hydrogens is 412 g/mol. The number of carbonyl (C=O) groups is 2. The van der Waals surface area contributed by atoms with Gasteiger partial charge in [-0.1, -0.05) is 12.1 Å². The lowest BCUT2D eigenvalue weighted by Crippen LogP contribution is -2.57. The van der Waals surface area contributed by atoms with E-state index in [-0.39, 0.29) is 35.8 Å². The zero-order chi connectivity index (χ0) is 22.5. The zero-order valence-corrected chi connectivity index (χ0v) is 18.8. The second-order valence-electron chi connectivity index (χ2n) is 10.9. The molecule has 0 unspecified atom stereocenters. The summed E-state index contributed by atoms with van der Waals surface area (Å²) in [6.07, 6.45) is 7.84. The highest BCUT2D eigenvalue weighted by atomic mass is 19.2. The number of benzene rings is 1. The van der Waals surface area contributed by atoms with Gasteiger partial charge < -0.3 is 10.2 Å². The summed E-state index contributed by atoms with van der Waals surface area (Å²) in [5.74, 6) is 0.424. The van der Waals surface area contributed by atoms with E-state index < -0.39 is 17.7 Å². The minimum absolute atomic E-state index is 0.0486. The van der Waals surface area contributed by atoms with Crippen molar-refractivity contribution in [2.45, 2.75) is 57.5 Å². The maximum atomic E-state index is 14.2. The van der Waals surface area contributed by atoms with Crippen molar-refractivity contribution in [3.05, 3.63) is 35.4 Å². The average molecular weight is 446 g/mol. The van der Waals surface area contributed by atoms with Crippen LogP contribution in [0.2, 0.25) is 0 Å². The monoisotopic (exact) mass is 445 g/mol. The summed E-state index contributed by atoms with van der Waals surface area (Å²) in [4.78, 5) is 29.4. The molecule has 1 heterocycles. The van der Waals surface area contributed by atoms with Gasteiger partial charge in [-0.3, -0.25) is 14.5 Å². The van der Waals surface area contributed by atoms with Crippen LogP contribution in [0.5, 0.6) is 0 Å².